The number of ether oxygens (including phenoxy) is 1. The smallest absolute Gasteiger partial charge is 0.119 e. The van der Waals surface area contributed by atoms with E-state index in [1.807, 2.05) is 0 Å². The third-order valence-corrected chi connectivity index (χ3v) is 4.35. The predicted octanol–water partition coefficient (Wildman–Crippen LogP) is 5.89. The molecule has 0 radical (unpaired) electrons. The molecule has 2 aromatic rings. The van der Waals surface area contributed by atoms with Gasteiger partial charge >= 0.3 is 0 Å². The van der Waals surface area contributed by atoms with Crippen LogP contribution < -0.4 is 10.1 Å². The van der Waals surface area contributed by atoms with Crippen molar-refractivity contribution >= 4 is 0 Å². The van der Waals surface area contributed by atoms with E-state index in [2.05, 4.69) is 73.8 Å². The van der Waals surface area contributed by atoms with E-state index in [1.165, 1.54) is 30.4 Å². The molecule has 0 amide bonds. The van der Waals surface area contributed by atoms with Crippen molar-refractivity contribution < 1.29 is 4.74 Å². The number of hydrogen-bond donors (Lipinski definition) is 1. The Morgan fingerprint density at radius 3 is 2.29 bits per heavy atom. The molecule has 2 nitrogen and oxygen atoms in total. The molecule has 1 unspecified atom stereocenters. The van der Waals surface area contributed by atoms with E-state index >= 15 is 0 Å². The van der Waals surface area contributed by atoms with Crippen LogP contribution in [0.1, 0.15) is 63.1 Å². The van der Waals surface area contributed by atoms with Gasteiger partial charge in [0.15, 0.2) is 0 Å². The van der Waals surface area contributed by atoms with Gasteiger partial charge in [0.2, 0.25) is 0 Å². The van der Waals surface area contributed by atoms with Gasteiger partial charge in [-0.3, -0.25) is 0 Å². The fourth-order valence-corrected chi connectivity index (χ4v) is 2.85. The summed E-state index contributed by atoms with van der Waals surface area (Å²) in [6.45, 7) is 6.16. The highest BCUT2D eigenvalue weighted by molar-refractivity contribution is 5.27. The van der Waals surface area contributed by atoms with Gasteiger partial charge in [-0.1, -0.05) is 75.6 Å². The summed E-state index contributed by atoms with van der Waals surface area (Å²) in [6, 6.07) is 19.5. The maximum atomic E-state index is 5.80. The lowest BCUT2D eigenvalue weighted by Gasteiger charge is -2.17. The zero-order chi connectivity index (χ0) is 17.0. The lowest BCUT2D eigenvalue weighted by molar-refractivity contribution is 0.305. The van der Waals surface area contributed by atoms with Crippen LogP contribution in [0.5, 0.6) is 5.75 Å². The van der Waals surface area contributed by atoms with Crippen LogP contribution in [-0.4, -0.2) is 6.61 Å². The van der Waals surface area contributed by atoms with E-state index < -0.39 is 0 Å². The third-order valence-electron chi connectivity index (χ3n) is 4.35. The van der Waals surface area contributed by atoms with E-state index in [-0.39, 0.29) is 0 Å². The summed E-state index contributed by atoms with van der Waals surface area (Å²) in [4.78, 5) is 0. The Morgan fingerprint density at radius 1 is 0.875 bits per heavy atom. The highest BCUT2D eigenvalue weighted by Crippen LogP contribution is 2.18. The molecular formula is C22H31NO. The van der Waals surface area contributed by atoms with Crippen molar-refractivity contribution in [1.29, 1.82) is 0 Å². The van der Waals surface area contributed by atoms with Gasteiger partial charge in [-0.25, -0.2) is 0 Å². The monoisotopic (exact) mass is 325 g/mol. The van der Waals surface area contributed by atoms with Gasteiger partial charge in [-0.2, -0.15) is 0 Å². The summed E-state index contributed by atoms with van der Waals surface area (Å²) in [5.41, 5.74) is 2.65. The van der Waals surface area contributed by atoms with Crippen LogP contribution in [-0.2, 0) is 6.54 Å². The Bertz CT molecular complexity index is 550. The van der Waals surface area contributed by atoms with Crippen molar-refractivity contribution in [3.05, 3.63) is 65.7 Å². The Labute approximate surface area is 147 Å². The highest BCUT2D eigenvalue weighted by atomic mass is 16.5. The van der Waals surface area contributed by atoms with Crippen molar-refractivity contribution in [3.63, 3.8) is 0 Å². The Morgan fingerprint density at radius 2 is 1.62 bits per heavy atom. The maximum Gasteiger partial charge on any atom is 0.119 e. The first-order chi connectivity index (χ1) is 11.8. The molecule has 130 valence electrons. The van der Waals surface area contributed by atoms with E-state index in [0.717, 1.165) is 31.7 Å². The normalized spacial score (nSPS) is 12.1. The van der Waals surface area contributed by atoms with Gasteiger partial charge in [0, 0.05) is 12.6 Å². The van der Waals surface area contributed by atoms with Gasteiger partial charge in [0.25, 0.3) is 0 Å². The van der Waals surface area contributed by atoms with Crippen molar-refractivity contribution in [2.24, 2.45) is 0 Å². The van der Waals surface area contributed by atoms with Crippen LogP contribution in [0.4, 0.5) is 0 Å². The largest absolute Gasteiger partial charge is 0.494 e. The summed E-state index contributed by atoms with van der Waals surface area (Å²) >= 11 is 0. The predicted molar refractivity (Wildman–Crippen MR) is 102 cm³/mol. The maximum absolute atomic E-state index is 5.80. The molecule has 0 aromatic heterocycles. The first-order valence-electron chi connectivity index (χ1n) is 9.33. The van der Waals surface area contributed by atoms with Crippen molar-refractivity contribution in [3.8, 4) is 5.75 Å². The first kappa shape index (κ1) is 18.5. The number of nitrogens with one attached hydrogen (secondary N) is 1. The summed E-state index contributed by atoms with van der Waals surface area (Å²) < 4.78 is 5.80. The average molecular weight is 325 g/mol. The van der Waals surface area contributed by atoms with Gasteiger partial charge in [-0.05, 0) is 36.1 Å². The highest BCUT2D eigenvalue weighted by Gasteiger charge is 2.07. The van der Waals surface area contributed by atoms with Crippen LogP contribution in [0.15, 0.2) is 54.6 Å². The molecule has 0 aliphatic rings. The Kier molecular flexibility index (Phi) is 8.40. The van der Waals surface area contributed by atoms with Gasteiger partial charge in [0.1, 0.15) is 5.75 Å². The quantitative estimate of drug-likeness (QED) is 0.520. The molecule has 0 bridgehead atoms. The van der Waals surface area contributed by atoms with Gasteiger partial charge in [0.05, 0.1) is 6.61 Å². The molecule has 0 spiro atoms. The van der Waals surface area contributed by atoms with Crippen LogP contribution in [0.2, 0.25) is 0 Å². The van der Waals surface area contributed by atoms with Gasteiger partial charge < -0.3 is 10.1 Å². The minimum absolute atomic E-state index is 0.403. The SMILES string of the molecule is CCCCCCOc1ccc(CNC(CC)c2ccccc2)cc1. The number of unbranched alkanes of at least 4 members (excludes halogenated alkanes) is 3. The molecule has 0 saturated heterocycles. The second-order valence-electron chi connectivity index (χ2n) is 6.31. The molecule has 1 N–H and O–H groups in total. The molecule has 0 aliphatic carbocycles. The van der Waals surface area contributed by atoms with Crippen LogP contribution in [0.25, 0.3) is 0 Å². The van der Waals surface area contributed by atoms with E-state index in [0.29, 0.717) is 6.04 Å². The standard InChI is InChI=1S/C22H31NO/c1-3-5-6-10-17-24-21-15-13-19(14-16-21)18-23-22(4-2)20-11-8-7-9-12-20/h7-9,11-16,22-23H,3-6,10,17-18H2,1-2H3. The number of benzene rings is 2. The first-order valence-corrected chi connectivity index (χ1v) is 9.33. The fourth-order valence-electron chi connectivity index (χ4n) is 2.85. The van der Waals surface area contributed by atoms with Crippen molar-refractivity contribution in [1.82, 2.24) is 5.32 Å². The van der Waals surface area contributed by atoms with E-state index in [9.17, 15) is 0 Å². The second-order valence-corrected chi connectivity index (χ2v) is 6.31. The molecule has 2 aromatic carbocycles. The summed E-state index contributed by atoms with van der Waals surface area (Å²) in [5.74, 6) is 0.977. The molecular weight excluding hydrogens is 294 g/mol. The Balaban J connectivity index is 1.76. The lowest BCUT2D eigenvalue weighted by Crippen LogP contribution is -2.20. The number of rotatable bonds is 11. The zero-order valence-corrected chi connectivity index (χ0v) is 15.1. The molecule has 0 aliphatic heterocycles. The molecule has 2 heteroatoms. The molecule has 0 saturated carbocycles. The number of hydrogen-bond acceptors (Lipinski definition) is 2. The Hall–Kier alpha value is -1.80. The summed E-state index contributed by atoms with van der Waals surface area (Å²) in [5, 5.41) is 3.65. The molecule has 24 heavy (non-hydrogen) atoms. The minimum atomic E-state index is 0.403. The average Bonchev–Trinajstić information content (AvgIpc) is 2.64. The lowest BCUT2D eigenvalue weighted by atomic mass is 10.0. The third kappa shape index (κ3) is 6.37. The molecule has 0 fully saturated rings. The molecule has 2 rings (SSSR count). The second kappa shape index (κ2) is 10.9. The van der Waals surface area contributed by atoms with E-state index in [4.69, 9.17) is 4.74 Å². The van der Waals surface area contributed by atoms with Crippen molar-refractivity contribution in [2.45, 2.75) is 58.5 Å². The minimum Gasteiger partial charge on any atom is -0.494 e. The van der Waals surface area contributed by atoms with Crippen LogP contribution in [0.3, 0.4) is 0 Å². The molecule has 1 atom stereocenters. The molecule has 0 heterocycles. The van der Waals surface area contributed by atoms with Crippen LogP contribution in [0, 0.1) is 0 Å². The summed E-state index contributed by atoms with van der Waals surface area (Å²) in [7, 11) is 0. The van der Waals surface area contributed by atoms with Crippen molar-refractivity contribution in [2.75, 3.05) is 6.61 Å². The topological polar surface area (TPSA) is 21.3 Å². The van der Waals surface area contributed by atoms with Gasteiger partial charge in [-0.15, -0.1) is 0 Å². The zero-order valence-electron chi connectivity index (χ0n) is 15.1. The summed E-state index contributed by atoms with van der Waals surface area (Å²) in [6.07, 6.45) is 6.06. The van der Waals surface area contributed by atoms with E-state index in [1.54, 1.807) is 0 Å². The van der Waals surface area contributed by atoms with Crippen LogP contribution >= 0.6 is 0 Å². The fraction of sp³-hybridized carbons (Fsp3) is 0.455.